The Morgan fingerprint density at radius 1 is 1.24 bits per heavy atom. The molecule has 1 unspecified atom stereocenters. The first-order valence-electron chi connectivity index (χ1n) is 6.87. The van der Waals surface area contributed by atoms with E-state index in [1.54, 1.807) is 12.1 Å². The van der Waals surface area contributed by atoms with Crippen molar-refractivity contribution in [1.82, 2.24) is 15.0 Å². The van der Waals surface area contributed by atoms with Gasteiger partial charge in [-0.2, -0.15) is 4.98 Å². The van der Waals surface area contributed by atoms with Crippen LogP contribution in [0.3, 0.4) is 0 Å². The molecule has 0 bridgehead atoms. The van der Waals surface area contributed by atoms with Crippen molar-refractivity contribution in [2.45, 2.75) is 6.04 Å². The van der Waals surface area contributed by atoms with Crippen molar-refractivity contribution < 1.29 is 13.7 Å². The van der Waals surface area contributed by atoms with Gasteiger partial charge in [0.2, 0.25) is 0 Å². The number of morpholine rings is 1. The second-order valence-electron chi connectivity index (χ2n) is 4.98. The summed E-state index contributed by atoms with van der Waals surface area (Å²) in [5, 5.41) is 3.92. The van der Waals surface area contributed by atoms with E-state index in [2.05, 4.69) is 15.0 Å². The summed E-state index contributed by atoms with van der Waals surface area (Å²) in [5.41, 5.74) is 6.79. The summed E-state index contributed by atoms with van der Waals surface area (Å²) >= 11 is 0. The third-order valence-electron chi connectivity index (χ3n) is 3.42. The molecule has 0 radical (unpaired) electrons. The minimum Gasteiger partial charge on any atom is -0.379 e. The Hall–Kier alpha value is -1.83. The van der Waals surface area contributed by atoms with E-state index in [9.17, 15) is 4.39 Å². The Bertz CT molecular complexity index is 581. The maximum absolute atomic E-state index is 12.9. The molecule has 0 saturated carbocycles. The zero-order valence-electron chi connectivity index (χ0n) is 11.5. The molecule has 0 amide bonds. The largest absolute Gasteiger partial charge is 0.379 e. The second-order valence-corrected chi connectivity index (χ2v) is 4.98. The highest BCUT2D eigenvalue weighted by Crippen LogP contribution is 2.19. The molecule has 3 rings (SSSR count). The normalized spacial score (nSPS) is 17.8. The van der Waals surface area contributed by atoms with Crippen molar-refractivity contribution in [3.8, 4) is 11.5 Å². The highest BCUT2D eigenvalue weighted by atomic mass is 19.1. The molecule has 1 aliphatic heterocycles. The fourth-order valence-electron chi connectivity index (χ4n) is 2.24. The number of rotatable bonds is 4. The van der Waals surface area contributed by atoms with E-state index in [0.29, 0.717) is 23.8 Å². The zero-order valence-corrected chi connectivity index (χ0v) is 11.5. The smallest absolute Gasteiger partial charge is 0.257 e. The van der Waals surface area contributed by atoms with E-state index >= 15 is 0 Å². The summed E-state index contributed by atoms with van der Waals surface area (Å²) in [6.45, 7) is 3.82. The molecular formula is C14H17FN4O2. The standard InChI is InChI=1S/C14H17FN4O2/c15-11-3-1-10(2-4-11)14-17-13(18-21-14)12(16)9-19-5-7-20-8-6-19/h1-4,12H,5-9,16H2. The predicted molar refractivity (Wildman–Crippen MR) is 73.9 cm³/mol. The van der Waals surface area contributed by atoms with Gasteiger partial charge in [0.05, 0.1) is 19.3 Å². The maximum atomic E-state index is 12.9. The van der Waals surface area contributed by atoms with Crippen LogP contribution in [-0.2, 0) is 4.74 Å². The van der Waals surface area contributed by atoms with Gasteiger partial charge in [0.1, 0.15) is 5.82 Å². The van der Waals surface area contributed by atoms with Gasteiger partial charge in [-0.25, -0.2) is 4.39 Å². The van der Waals surface area contributed by atoms with Gasteiger partial charge in [-0.15, -0.1) is 0 Å². The minimum absolute atomic E-state index is 0.303. The highest BCUT2D eigenvalue weighted by Gasteiger charge is 2.20. The number of benzene rings is 1. The van der Waals surface area contributed by atoms with Crippen LogP contribution in [0.1, 0.15) is 11.9 Å². The Labute approximate surface area is 121 Å². The first kappa shape index (κ1) is 14.1. The van der Waals surface area contributed by atoms with Gasteiger partial charge in [-0.3, -0.25) is 4.90 Å². The summed E-state index contributed by atoms with van der Waals surface area (Å²) in [4.78, 5) is 6.50. The monoisotopic (exact) mass is 292 g/mol. The molecule has 1 atom stereocenters. The number of hydrogen-bond acceptors (Lipinski definition) is 6. The average molecular weight is 292 g/mol. The molecule has 1 aromatic carbocycles. The molecule has 2 aromatic rings. The van der Waals surface area contributed by atoms with Crippen LogP contribution in [0.4, 0.5) is 4.39 Å². The highest BCUT2D eigenvalue weighted by molar-refractivity contribution is 5.52. The van der Waals surface area contributed by atoms with Crippen molar-refractivity contribution in [2.75, 3.05) is 32.8 Å². The number of halogens is 1. The molecule has 1 aliphatic rings. The van der Waals surface area contributed by atoms with Crippen molar-refractivity contribution in [2.24, 2.45) is 5.73 Å². The van der Waals surface area contributed by atoms with Crippen LogP contribution in [0.25, 0.3) is 11.5 Å². The predicted octanol–water partition coefficient (Wildman–Crippen LogP) is 1.21. The lowest BCUT2D eigenvalue weighted by molar-refractivity contribution is 0.0348. The van der Waals surface area contributed by atoms with E-state index in [1.807, 2.05) is 0 Å². The summed E-state index contributed by atoms with van der Waals surface area (Å²) in [6, 6.07) is 5.58. The molecule has 21 heavy (non-hydrogen) atoms. The molecule has 7 heteroatoms. The Balaban J connectivity index is 1.67. The minimum atomic E-state index is -0.318. The third kappa shape index (κ3) is 3.44. The number of aromatic nitrogens is 2. The van der Waals surface area contributed by atoms with Gasteiger partial charge in [0, 0.05) is 25.2 Å². The first-order valence-corrected chi connectivity index (χ1v) is 6.87. The van der Waals surface area contributed by atoms with Crippen molar-refractivity contribution in [1.29, 1.82) is 0 Å². The molecule has 1 aromatic heterocycles. The summed E-state index contributed by atoms with van der Waals surface area (Å²) in [6.07, 6.45) is 0. The van der Waals surface area contributed by atoms with Crippen molar-refractivity contribution in [3.05, 3.63) is 35.9 Å². The fraction of sp³-hybridized carbons (Fsp3) is 0.429. The third-order valence-corrected chi connectivity index (χ3v) is 3.42. The number of nitrogens with two attached hydrogens (primary N) is 1. The Morgan fingerprint density at radius 3 is 2.67 bits per heavy atom. The summed E-state index contributed by atoms with van der Waals surface area (Å²) in [5.74, 6) is 0.505. The van der Waals surface area contributed by atoms with Crippen LogP contribution >= 0.6 is 0 Å². The molecule has 0 aliphatic carbocycles. The van der Waals surface area contributed by atoms with Gasteiger partial charge in [0.25, 0.3) is 5.89 Å². The number of nitrogens with zero attached hydrogens (tertiary/aromatic N) is 3. The zero-order chi connectivity index (χ0) is 14.7. The van der Waals surface area contributed by atoms with Gasteiger partial charge in [-0.1, -0.05) is 5.16 Å². The molecule has 0 spiro atoms. The molecule has 1 fully saturated rings. The second kappa shape index (κ2) is 6.30. The van der Waals surface area contributed by atoms with E-state index in [1.165, 1.54) is 12.1 Å². The number of hydrogen-bond donors (Lipinski definition) is 1. The Kier molecular flexibility index (Phi) is 4.23. The van der Waals surface area contributed by atoms with Crippen LogP contribution in [0.5, 0.6) is 0 Å². The first-order chi connectivity index (χ1) is 10.2. The quantitative estimate of drug-likeness (QED) is 0.912. The topological polar surface area (TPSA) is 77.4 Å². The number of ether oxygens (including phenoxy) is 1. The molecular weight excluding hydrogens is 275 g/mol. The lowest BCUT2D eigenvalue weighted by Gasteiger charge is -2.27. The van der Waals surface area contributed by atoms with Crippen molar-refractivity contribution in [3.63, 3.8) is 0 Å². The lowest BCUT2D eigenvalue weighted by Crippen LogP contribution is -2.40. The SMILES string of the molecule is NC(CN1CCOCC1)c1noc(-c2ccc(F)cc2)n1. The summed E-state index contributed by atoms with van der Waals surface area (Å²) < 4.78 is 23.4. The lowest BCUT2D eigenvalue weighted by atomic mass is 10.2. The van der Waals surface area contributed by atoms with Crippen LogP contribution < -0.4 is 5.73 Å². The van der Waals surface area contributed by atoms with Gasteiger partial charge in [-0.05, 0) is 24.3 Å². The Morgan fingerprint density at radius 2 is 1.95 bits per heavy atom. The van der Waals surface area contributed by atoms with Crippen LogP contribution in [0.15, 0.2) is 28.8 Å². The van der Waals surface area contributed by atoms with Gasteiger partial charge < -0.3 is 15.0 Å². The van der Waals surface area contributed by atoms with E-state index in [0.717, 1.165) is 26.3 Å². The van der Waals surface area contributed by atoms with Crippen molar-refractivity contribution >= 4 is 0 Å². The van der Waals surface area contributed by atoms with Crippen LogP contribution in [-0.4, -0.2) is 47.9 Å². The van der Waals surface area contributed by atoms with Crippen LogP contribution in [0.2, 0.25) is 0 Å². The molecule has 112 valence electrons. The van der Waals surface area contributed by atoms with E-state index in [-0.39, 0.29) is 11.9 Å². The van der Waals surface area contributed by atoms with E-state index in [4.69, 9.17) is 15.0 Å². The average Bonchev–Trinajstić information content (AvgIpc) is 2.99. The van der Waals surface area contributed by atoms with Gasteiger partial charge >= 0.3 is 0 Å². The molecule has 2 N–H and O–H groups in total. The summed E-state index contributed by atoms with van der Waals surface area (Å²) in [7, 11) is 0. The van der Waals surface area contributed by atoms with E-state index < -0.39 is 0 Å². The maximum Gasteiger partial charge on any atom is 0.257 e. The molecule has 6 nitrogen and oxygen atoms in total. The fourth-order valence-corrected chi connectivity index (χ4v) is 2.24. The van der Waals surface area contributed by atoms with Gasteiger partial charge in [0.15, 0.2) is 5.82 Å². The molecule has 1 saturated heterocycles. The molecule has 2 heterocycles. The van der Waals surface area contributed by atoms with Crippen LogP contribution in [0, 0.1) is 5.82 Å².